The molecular formula is C12H13ClN2O2. The molecule has 0 bridgehead atoms. The van der Waals surface area contributed by atoms with Crippen molar-refractivity contribution in [3.63, 3.8) is 0 Å². The van der Waals surface area contributed by atoms with Crippen LogP contribution in [-0.2, 0) is 4.74 Å². The van der Waals surface area contributed by atoms with Crippen molar-refractivity contribution in [1.29, 1.82) is 0 Å². The van der Waals surface area contributed by atoms with Gasteiger partial charge in [0, 0.05) is 19.3 Å². The molecule has 1 N–H and O–H groups in total. The zero-order valence-corrected chi connectivity index (χ0v) is 10.0. The van der Waals surface area contributed by atoms with Gasteiger partial charge in [-0.25, -0.2) is 4.79 Å². The predicted octanol–water partition coefficient (Wildman–Crippen LogP) is 2.33. The first-order chi connectivity index (χ1) is 8.27. The maximum absolute atomic E-state index is 12.0. The molecule has 4 nitrogen and oxygen atoms in total. The second kappa shape index (κ2) is 4.20. The van der Waals surface area contributed by atoms with Gasteiger partial charge >= 0.3 is 5.69 Å². The van der Waals surface area contributed by atoms with Gasteiger partial charge in [-0.3, -0.25) is 4.57 Å². The van der Waals surface area contributed by atoms with Crippen LogP contribution in [0.2, 0.25) is 5.02 Å². The molecule has 0 spiro atoms. The Bertz CT molecular complexity index is 596. The molecule has 17 heavy (non-hydrogen) atoms. The number of imidazole rings is 1. The quantitative estimate of drug-likeness (QED) is 0.847. The molecule has 0 atom stereocenters. The average molecular weight is 253 g/mol. The lowest BCUT2D eigenvalue weighted by atomic mass is 10.1. The van der Waals surface area contributed by atoms with Gasteiger partial charge in [0.2, 0.25) is 0 Å². The lowest BCUT2D eigenvalue weighted by Gasteiger charge is -2.23. The Morgan fingerprint density at radius 3 is 2.88 bits per heavy atom. The van der Waals surface area contributed by atoms with Gasteiger partial charge in [-0.2, -0.15) is 0 Å². The summed E-state index contributed by atoms with van der Waals surface area (Å²) in [6, 6.07) is 5.79. The zero-order valence-electron chi connectivity index (χ0n) is 9.28. The lowest BCUT2D eigenvalue weighted by molar-refractivity contribution is 0.0698. The first-order valence-electron chi connectivity index (χ1n) is 5.74. The van der Waals surface area contributed by atoms with Gasteiger partial charge in [0.1, 0.15) is 0 Å². The highest BCUT2D eigenvalue weighted by molar-refractivity contribution is 6.34. The minimum atomic E-state index is -0.0833. The number of benzene rings is 1. The molecule has 0 aliphatic carbocycles. The molecule has 1 aliphatic rings. The highest BCUT2D eigenvalue weighted by atomic mass is 35.5. The van der Waals surface area contributed by atoms with E-state index in [1.807, 2.05) is 16.7 Å². The number of hydrogen-bond acceptors (Lipinski definition) is 2. The van der Waals surface area contributed by atoms with Crippen molar-refractivity contribution in [1.82, 2.24) is 9.55 Å². The normalized spacial score (nSPS) is 17.7. The first-order valence-corrected chi connectivity index (χ1v) is 6.11. The summed E-state index contributed by atoms with van der Waals surface area (Å²) in [6.45, 7) is 1.43. The van der Waals surface area contributed by atoms with E-state index in [2.05, 4.69) is 4.98 Å². The summed E-state index contributed by atoms with van der Waals surface area (Å²) in [5.74, 6) is 0. The number of nitrogens with one attached hydrogen (secondary N) is 1. The molecule has 0 unspecified atom stereocenters. The largest absolute Gasteiger partial charge is 0.381 e. The molecular weight excluding hydrogens is 240 g/mol. The van der Waals surface area contributed by atoms with E-state index in [0.717, 1.165) is 23.9 Å². The number of halogens is 1. The molecule has 5 heteroatoms. The fourth-order valence-electron chi connectivity index (χ4n) is 2.42. The Morgan fingerprint density at radius 2 is 2.12 bits per heavy atom. The number of para-hydroxylation sites is 1. The number of nitrogens with zero attached hydrogens (tertiary/aromatic N) is 1. The van der Waals surface area contributed by atoms with Crippen molar-refractivity contribution in [2.75, 3.05) is 13.2 Å². The Labute approximate surface area is 103 Å². The number of aromatic nitrogens is 2. The lowest BCUT2D eigenvalue weighted by Crippen LogP contribution is -2.27. The van der Waals surface area contributed by atoms with E-state index in [0.29, 0.717) is 18.2 Å². The molecule has 0 radical (unpaired) electrons. The van der Waals surface area contributed by atoms with Crippen LogP contribution < -0.4 is 5.69 Å². The summed E-state index contributed by atoms with van der Waals surface area (Å²) in [6.07, 6.45) is 1.75. The van der Waals surface area contributed by atoms with Gasteiger partial charge < -0.3 is 9.72 Å². The summed E-state index contributed by atoms with van der Waals surface area (Å²) in [5.41, 5.74) is 1.53. The maximum atomic E-state index is 12.0. The van der Waals surface area contributed by atoms with Crippen LogP contribution in [0.5, 0.6) is 0 Å². The van der Waals surface area contributed by atoms with Crippen LogP contribution in [-0.4, -0.2) is 22.8 Å². The third-order valence-corrected chi connectivity index (χ3v) is 3.57. The van der Waals surface area contributed by atoms with E-state index in [1.54, 1.807) is 6.07 Å². The Balaban J connectivity index is 2.18. The van der Waals surface area contributed by atoms with Crippen LogP contribution >= 0.6 is 11.6 Å². The van der Waals surface area contributed by atoms with Crippen molar-refractivity contribution in [2.24, 2.45) is 0 Å². The van der Waals surface area contributed by atoms with E-state index in [9.17, 15) is 4.79 Å². The Morgan fingerprint density at radius 1 is 1.35 bits per heavy atom. The highest BCUT2D eigenvalue weighted by Gasteiger charge is 2.20. The van der Waals surface area contributed by atoms with Crippen LogP contribution in [0, 0.1) is 0 Å². The molecule has 90 valence electrons. The van der Waals surface area contributed by atoms with Gasteiger partial charge in [-0.05, 0) is 25.0 Å². The van der Waals surface area contributed by atoms with Gasteiger partial charge in [0.25, 0.3) is 0 Å². The van der Waals surface area contributed by atoms with E-state index < -0.39 is 0 Å². The van der Waals surface area contributed by atoms with Crippen LogP contribution in [0.4, 0.5) is 0 Å². The zero-order chi connectivity index (χ0) is 11.8. The molecule has 1 saturated heterocycles. The molecule has 2 aromatic rings. The summed E-state index contributed by atoms with van der Waals surface area (Å²) in [5, 5.41) is 0.588. The van der Waals surface area contributed by atoms with Crippen LogP contribution in [0.15, 0.2) is 23.0 Å². The minimum absolute atomic E-state index is 0.0833. The molecule has 1 fully saturated rings. The van der Waals surface area contributed by atoms with Gasteiger partial charge in [-0.15, -0.1) is 0 Å². The smallest absolute Gasteiger partial charge is 0.326 e. The van der Waals surface area contributed by atoms with E-state index >= 15 is 0 Å². The van der Waals surface area contributed by atoms with Gasteiger partial charge in [0.05, 0.1) is 16.1 Å². The monoisotopic (exact) mass is 252 g/mol. The summed E-state index contributed by atoms with van der Waals surface area (Å²) < 4.78 is 7.13. The van der Waals surface area contributed by atoms with Crippen LogP contribution in [0.1, 0.15) is 18.9 Å². The van der Waals surface area contributed by atoms with E-state index in [1.165, 1.54) is 0 Å². The molecule has 0 saturated carbocycles. The van der Waals surface area contributed by atoms with Crippen molar-refractivity contribution >= 4 is 22.6 Å². The molecule has 2 heterocycles. The fourth-order valence-corrected chi connectivity index (χ4v) is 2.64. The van der Waals surface area contributed by atoms with E-state index in [-0.39, 0.29) is 11.7 Å². The third-order valence-electron chi connectivity index (χ3n) is 3.26. The number of H-pyrrole nitrogens is 1. The maximum Gasteiger partial charge on any atom is 0.326 e. The first kappa shape index (κ1) is 10.9. The summed E-state index contributed by atoms with van der Waals surface area (Å²) in [7, 11) is 0. The third kappa shape index (κ3) is 1.77. The van der Waals surface area contributed by atoms with Crippen LogP contribution in [0.3, 0.4) is 0 Å². The number of hydrogen-bond donors (Lipinski definition) is 1. The molecule has 1 aliphatic heterocycles. The standard InChI is InChI=1S/C12H13ClN2O2/c13-9-2-1-3-10-11(9)14-12(16)15(10)8-4-6-17-7-5-8/h1-3,8H,4-7H2,(H,14,16). The summed E-state index contributed by atoms with van der Waals surface area (Å²) in [4.78, 5) is 14.8. The Kier molecular flexibility index (Phi) is 2.68. The number of ether oxygens (including phenoxy) is 1. The summed E-state index contributed by atoms with van der Waals surface area (Å²) >= 11 is 6.07. The van der Waals surface area contributed by atoms with Crippen molar-refractivity contribution < 1.29 is 4.74 Å². The van der Waals surface area contributed by atoms with Gasteiger partial charge in [-0.1, -0.05) is 17.7 Å². The minimum Gasteiger partial charge on any atom is -0.381 e. The number of aromatic amines is 1. The topological polar surface area (TPSA) is 47.0 Å². The Hall–Kier alpha value is -1.26. The molecule has 1 aromatic heterocycles. The second-order valence-corrected chi connectivity index (χ2v) is 4.68. The van der Waals surface area contributed by atoms with Crippen molar-refractivity contribution in [2.45, 2.75) is 18.9 Å². The van der Waals surface area contributed by atoms with Crippen molar-refractivity contribution in [3.8, 4) is 0 Å². The molecule has 0 amide bonds. The van der Waals surface area contributed by atoms with Crippen molar-refractivity contribution in [3.05, 3.63) is 33.7 Å². The average Bonchev–Trinajstić information content (AvgIpc) is 2.68. The number of rotatable bonds is 1. The highest BCUT2D eigenvalue weighted by Crippen LogP contribution is 2.26. The van der Waals surface area contributed by atoms with E-state index in [4.69, 9.17) is 16.3 Å². The fraction of sp³-hybridized carbons (Fsp3) is 0.417. The SMILES string of the molecule is O=c1[nH]c2c(Cl)cccc2n1C1CCOCC1. The molecule has 3 rings (SSSR count). The molecule has 1 aromatic carbocycles. The number of fused-ring (bicyclic) bond motifs is 1. The van der Waals surface area contributed by atoms with Crippen LogP contribution in [0.25, 0.3) is 11.0 Å². The predicted molar refractivity (Wildman–Crippen MR) is 66.7 cm³/mol. The second-order valence-electron chi connectivity index (χ2n) is 4.28. The van der Waals surface area contributed by atoms with Gasteiger partial charge in [0.15, 0.2) is 0 Å².